The molecule has 0 heterocycles. The van der Waals surface area contributed by atoms with Gasteiger partial charge in [0.2, 0.25) is 0 Å². The van der Waals surface area contributed by atoms with Gasteiger partial charge in [-0.25, -0.2) is 0 Å². The lowest BCUT2D eigenvalue weighted by Gasteiger charge is -2.16. The third-order valence-electron chi connectivity index (χ3n) is 2.92. The van der Waals surface area contributed by atoms with Crippen LogP contribution in [0.25, 0.3) is 0 Å². The third kappa shape index (κ3) is 6.97. The van der Waals surface area contributed by atoms with E-state index >= 15 is 0 Å². The summed E-state index contributed by atoms with van der Waals surface area (Å²) >= 11 is 3.41. The van der Waals surface area contributed by atoms with Crippen LogP contribution < -0.4 is 0 Å². The monoisotopic (exact) mass is 338 g/mol. The van der Waals surface area contributed by atoms with E-state index in [9.17, 15) is 13.2 Å². The van der Waals surface area contributed by atoms with Gasteiger partial charge in [-0.3, -0.25) is 0 Å². The zero-order valence-corrected chi connectivity index (χ0v) is 12.4. The second-order valence-corrected chi connectivity index (χ2v) is 5.25. The molecule has 1 rings (SSSR count). The van der Waals surface area contributed by atoms with Crippen LogP contribution >= 0.6 is 15.9 Å². The van der Waals surface area contributed by atoms with Crippen LogP contribution in [-0.4, -0.2) is 24.7 Å². The molecule has 5 heteroatoms. The maximum Gasteiger partial charge on any atom is 0.411 e. The first-order valence-electron chi connectivity index (χ1n) is 6.17. The van der Waals surface area contributed by atoms with Gasteiger partial charge in [0.1, 0.15) is 6.61 Å². The fourth-order valence-electron chi connectivity index (χ4n) is 1.82. The molecule has 0 fully saturated rings. The summed E-state index contributed by atoms with van der Waals surface area (Å²) in [6.07, 6.45) is -2.76. The molecule has 0 aliphatic heterocycles. The quantitative estimate of drug-likeness (QED) is 0.524. The van der Waals surface area contributed by atoms with Gasteiger partial charge in [0.05, 0.1) is 0 Å². The Morgan fingerprint density at radius 2 is 1.95 bits per heavy atom. The van der Waals surface area contributed by atoms with Gasteiger partial charge in [-0.2, -0.15) is 13.2 Å². The number of hydrogen-bond donors (Lipinski definition) is 0. The van der Waals surface area contributed by atoms with Crippen molar-refractivity contribution >= 4 is 15.9 Å². The number of aryl methyl sites for hydroxylation is 1. The van der Waals surface area contributed by atoms with Crippen molar-refractivity contribution in [2.45, 2.75) is 25.9 Å². The molecule has 0 aromatic heterocycles. The predicted molar refractivity (Wildman–Crippen MR) is 73.7 cm³/mol. The predicted octanol–water partition coefficient (Wildman–Crippen LogP) is 4.52. The standard InChI is InChI=1S/C14H18BrF3O/c1-11-4-2-3-5-13(11)8-12(9-15)6-7-19-10-14(16,17)18/h2-5,12H,6-10H2,1H3. The number of hydrogen-bond acceptors (Lipinski definition) is 1. The molecule has 1 unspecified atom stereocenters. The molecule has 0 saturated heterocycles. The first-order chi connectivity index (χ1) is 8.92. The van der Waals surface area contributed by atoms with Crippen LogP contribution in [0.2, 0.25) is 0 Å². The Morgan fingerprint density at radius 1 is 1.26 bits per heavy atom. The van der Waals surface area contributed by atoms with Crippen LogP contribution in [0.1, 0.15) is 17.5 Å². The number of rotatable bonds is 7. The minimum Gasteiger partial charge on any atom is -0.372 e. The van der Waals surface area contributed by atoms with Gasteiger partial charge < -0.3 is 4.74 Å². The van der Waals surface area contributed by atoms with Crippen molar-refractivity contribution in [3.8, 4) is 0 Å². The summed E-state index contributed by atoms with van der Waals surface area (Å²) < 4.78 is 40.4. The van der Waals surface area contributed by atoms with Crippen LogP contribution in [0.4, 0.5) is 13.2 Å². The summed E-state index contributed by atoms with van der Waals surface area (Å²) in [5.74, 6) is 0.286. The number of halogens is 4. The summed E-state index contributed by atoms with van der Waals surface area (Å²) in [4.78, 5) is 0. The largest absolute Gasteiger partial charge is 0.411 e. The molecule has 1 nitrogen and oxygen atoms in total. The van der Waals surface area contributed by atoms with Crippen LogP contribution in [0, 0.1) is 12.8 Å². The molecular formula is C14H18BrF3O. The van der Waals surface area contributed by atoms with Crippen LogP contribution in [0.5, 0.6) is 0 Å². The highest BCUT2D eigenvalue weighted by Gasteiger charge is 2.27. The molecular weight excluding hydrogens is 321 g/mol. The summed E-state index contributed by atoms with van der Waals surface area (Å²) in [5.41, 5.74) is 2.45. The smallest absolute Gasteiger partial charge is 0.372 e. The van der Waals surface area contributed by atoms with Crippen molar-refractivity contribution in [1.82, 2.24) is 0 Å². The fraction of sp³-hybridized carbons (Fsp3) is 0.571. The SMILES string of the molecule is Cc1ccccc1CC(CBr)CCOCC(F)(F)F. The second kappa shape index (κ2) is 7.90. The van der Waals surface area contributed by atoms with E-state index in [2.05, 4.69) is 26.7 Å². The minimum absolute atomic E-state index is 0.141. The van der Waals surface area contributed by atoms with Crippen molar-refractivity contribution in [1.29, 1.82) is 0 Å². The van der Waals surface area contributed by atoms with Crippen molar-refractivity contribution in [3.63, 3.8) is 0 Å². The molecule has 1 aromatic carbocycles. The van der Waals surface area contributed by atoms with Gasteiger partial charge in [-0.15, -0.1) is 0 Å². The van der Waals surface area contributed by atoms with E-state index in [1.54, 1.807) is 0 Å². The molecule has 0 saturated carbocycles. The fourth-order valence-corrected chi connectivity index (χ4v) is 2.37. The molecule has 0 aliphatic carbocycles. The van der Waals surface area contributed by atoms with E-state index in [-0.39, 0.29) is 12.5 Å². The van der Waals surface area contributed by atoms with Gasteiger partial charge >= 0.3 is 6.18 Å². The minimum atomic E-state index is -4.24. The van der Waals surface area contributed by atoms with Crippen LogP contribution in [-0.2, 0) is 11.2 Å². The van der Waals surface area contributed by atoms with Crippen molar-refractivity contribution in [2.75, 3.05) is 18.5 Å². The Bertz CT molecular complexity index is 379. The zero-order chi connectivity index (χ0) is 14.3. The van der Waals surface area contributed by atoms with E-state index in [0.29, 0.717) is 6.42 Å². The normalized spacial score (nSPS) is 13.5. The lowest BCUT2D eigenvalue weighted by atomic mass is 9.95. The number of ether oxygens (including phenoxy) is 1. The maximum atomic E-state index is 11.9. The topological polar surface area (TPSA) is 9.23 Å². The third-order valence-corrected chi connectivity index (χ3v) is 3.84. The zero-order valence-electron chi connectivity index (χ0n) is 10.8. The van der Waals surface area contributed by atoms with E-state index in [4.69, 9.17) is 0 Å². The van der Waals surface area contributed by atoms with E-state index in [1.165, 1.54) is 11.1 Å². The van der Waals surface area contributed by atoms with Gasteiger partial charge in [0.15, 0.2) is 0 Å². The lowest BCUT2D eigenvalue weighted by molar-refractivity contribution is -0.174. The highest BCUT2D eigenvalue weighted by molar-refractivity contribution is 9.09. The molecule has 0 amide bonds. The van der Waals surface area contributed by atoms with E-state index in [0.717, 1.165) is 11.8 Å². The lowest BCUT2D eigenvalue weighted by Crippen LogP contribution is -2.19. The second-order valence-electron chi connectivity index (χ2n) is 4.61. The molecule has 1 atom stereocenters. The Morgan fingerprint density at radius 3 is 2.53 bits per heavy atom. The maximum absolute atomic E-state index is 11.9. The number of alkyl halides is 4. The molecule has 108 valence electrons. The van der Waals surface area contributed by atoms with Crippen LogP contribution in [0.3, 0.4) is 0 Å². The average molecular weight is 339 g/mol. The molecule has 0 spiro atoms. The molecule has 0 aliphatic rings. The van der Waals surface area contributed by atoms with E-state index in [1.807, 2.05) is 25.1 Å². The summed E-state index contributed by atoms with van der Waals surface area (Å²) in [6, 6.07) is 8.06. The van der Waals surface area contributed by atoms with Gasteiger partial charge in [0.25, 0.3) is 0 Å². The first kappa shape index (κ1) is 16.5. The Hall–Kier alpha value is -0.550. The number of benzene rings is 1. The average Bonchev–Trinajstić information content (AvgIpc) is 2.34. The summed E-state index contributed by atoms with van der Waals surface area (Å²) in [7, 11) is 0. The van der Waals surface area contributed by atoms with Gasteiger partial charge in [0, 0.05) is 11.9 Å². The molecule has 0 N–H and O–H groups in total. The molecule has 0 bridgehead atoms. The molecule has 1 aromatic rings. The summed E-state index contributed by atoms with van der Waals surface area (Å²) in [5, 5.41) is 0.761. The van der Waals surface area contributed by atoms with Crippen molar-refractivity contribution in [2.24, 2.45) is 5.92 Å². The Kier molecular flexibility index (Phi) is 6.86. The Balaban J connectivity index is 2.36. The summed E-state index contributed by atoms with van der Waals surface area (Å²) in [6.45, 7) is 1.02. The van der Waals surface area contributed by atoms with Gasteiger partial charge in [-0.05, 0) is 36.8 Å². The van der Waals surface area contributed by atoms with E-state index < -0.39 is 12.8 Å². The highest BCUT2D eigenvalue weighted by atomic mass is 79.9. The first-order valence-corrected chi connectivity index (χ1v) is 7.29. The van der Waals surface area contributed by atoms with Crippen molar-refractivity contribution in [3.05, 3.63) is 35.4 Å². The van der Waals surface area contributed by atoms with Crippen LogP contribution in [0.15, 0.2) is 24.3 Å². The Labute approximate surface area is 120 Å². The highest BCUT2D eigenvalue weighted by Crippen LogP contribution is 2.19. The van der Waals surface area contributed by atoms with Crippen molar-refractivity contribution < 1.29 is 17.9 Å². The van der Waals surface area contributed by atoms with Gasteiger partial charge in [-0.1, -0.05) is 40.2 Å². The molecule has 19 heavy (non-hydrogen) atoms. The molecule has 0 radical (unpaired) electrons.